The van der Waals surface area contributed by atoms with Gasteiger partial charge in [0.25, 0.3) is 5.91 Å². The van der Waals surface area contributed by atoms with Gasteiger partial charge in [0, 0.05) is 6.08 Å². The number of anilines is 2. The van der Waals surface area contributed by atoms with Crippen LogP contribution in [0.2, 0.25) is 0 Å². The zero-order chi connectivity index (χ0) is 11.7. The molecule has 3 rings (SSSR count). The van der Waals surface area contributed by atoms with Gasteiger partial charge in [0.15, 0.2) is 0 Å². The first kappa shape index (κ1) is 9.59. The summed E-state index contributed by atoms with van der Waals surface area (Å²) in [6.45, 7) is 0. The average Bonchev–Trinajstić information content (AvgIpc) is 2.83. The van der Waals surface area contributed by atoms with E-state index in [4.69, 9.17) is 4.42 Å². The van der Waals surface area contributed by atoms with Gasteiger partial charge in [-0.1, -0.05) is 12.1 Å². The molecule has 6 nitrogen and oxygen atoms in total. The van der Waals surface area contributed by atoms with E-state index >= 15 is 0 Å². The largest absolute Gasteiger partial charge is 0.424 e. The van der Waals surface area contributed by atoms with E-state index in [1.54, 1.807) is 0 Å². The number of nitrogens with one attached hydrogen (secondary N) is 2. The van der Waals surface area contributed by atoms with Crippen molar-refractivity contribution < 1.29 is 9.21 Å². The number of rotatable bonds is 1. The SMILES string of the molecule is O=C1Nc2ccccc2NC1=Cc1nnco1. The lowest BCUT2D eigenvalue weighted by Gasteiger charge is -2.20. The molecular weight excluding hydrogens is 220 g/mol. The molecule has 2 N–H and O–H groups in total. The van der Waals surface area contributed by atoms with Crippen molar-refractivity contribution in [3.05, 3.63) is 42.2 Å². The van der Waals surface area contributed by atoms with E-state index in [0.717, 1.165) is 11.4 Å². The van der Waals surface area contributed by atoms with E-state index in [2.05, 4.69) is 20.8 Å². The number of hydrogen-bond acceptors (Lipinski definition) is 5. The van der Waals surface area contributed by atoms with Crippen molar-refractivity contribution in [2.45, 2.75) is 0 Å². The highest BCUT2D eigenvalue weighted by Gasteiger charge is 2.19. The lowest BCUT2D eigenvalue weighted by molar-refractivity contribution is -0.112. The van der Waals surface area contributed by atoms with Crippen molar-refractivity contribution in [1.29, 1.82) is 0 Å². The van der Waals surface area contributed by atoms with Crippen molar-refractivity contribution in [3.63, 3.8) is 0 Å². The van der Waals surface area contributed by atoms with Gasteiger partial charge in [-0.25, -0.2) is 0 Å². The van der Waals surface area contributed by atoms with Crippen LogP contribution in [-0.2, 0) is 4.79 Å². The number of benzene rings is 1. The third-order valence-electron chi connectivity index (χ3n) is 2.33. The second kappa shape index (κ2) is 3.75. The zero-order valence-electron chi connectivity index (χ0n) is 8.68. The molecule has 0 aliphatic carbocycles. The summed E-state index contributed by atoms with van der Waals surface area (Å²) in [7, 11) is 0. The summed E-state index contributed by atoms with van der Waals surface area (Å²) in [5.74, 6) is 0.0453. The fourth-order valence-electron chi connectivity index (χ4n) is 1.56. The molecule has 0 saturated carbocycles. The van der Waals surface area contributed by atoms with Gasteiger partial charge in [0.2, 0.25) is 12.3 Å². The highest BCUT2D eigenvalue weighted by Crippen LogP contribution is 2.27. The molecule has 2 aromatic rings. The maximum Gasteiger partial charge on any atom is 0.272 e. The molecule has 0 bridgehead atoms. The van der Waals surface area contributed by atoms with Gasteiger partial charge in [-0.2, -0.15) is 0 Å². The molecule has 2 heterocycles. The maximum atomic E-state index is 11.8. The van der Waals surface area contributed by atoms with Crippen LogP contribution in [0.1, 0.15) is 5.89 Å². The number of hydrogen-bond donors (Lipinski definition) is 2. The number of fused-ring (bicyclic) bond motifs is 1. The van der Waals surface area contributed by atoms with Gasteiger partial charge < -0.3 is 15.1 Å². The van der Waals surface area contributed by atoms with Gasteiger partial charge >= 0.3 is 0 Å². The van der Waals surface area contributed by atoms with Crippen LogP contribution in [0.15, 0.2) is 40.8 Å². The molecule has 84 valence electrons. The minimum absolute atomic E-state index is 0.234. The van der Waals surface area contributed by atoms with Crippen LogP contribution in [0.3, 0.4) is 0 Å². The molecule has 0 atom stereocenters. The van der Waals surface area contributed by atoms with E-state index in [1.165, 1.54) is 12.5 Å². The standard InChI is InChI=1S/C11H8N4O2/c16-11-9(5-10-15-12-6-17-10)13-7-3-1-2-4-8(7)14-11/h1-6,13H,(H,14,16). The Kier molecular flexibility index (Phi) is 2.11. The van der Waals surface area contributed by atoms with Crippen molar-refractivity contribution >= 4 is 23.4 Å². The predicted molar refractivity (Wildman–Crippen MR) is 61.0 cm³/mol. The maximum absolute atomic E-state index is 11.8. The lowest BCUT2D eigenvalue weighted by atomic mass is 10.2. The van der Waals surface area contributed by atoms with Gasteiger partial charge in [-0.3, -0.25) is 4.79 Å². The van der Waals surface area contributed by atoms with Crippen molar-refractivity contribution in [2.75, 3.05) is 10.6 Å². The minimum Gasteiger partial charge on any atom is -0.424 e. The Morgan fingerprint density at radius 2 is 1.94 bits per heavy atom. The molecule has 0 spiro atoms. The number of amides is 1. The van der Waals surface area contributed by atoms with Crippen molar-refractivity contribution in [2.24, 2.45) is 0 Å². The predicted octanol–water partition coefficient (Wildman–Crippen LogP) is 1.47. The van der Waals surface area contributed by atoms with Gasteiger partial charge in [0.1, 0.15) is 5.70 Å². The fourth-order valence-corrected chi connectivity index (χ4v) is 1.56. The molecular formula is C11H8N4O2. The monoisotopic (exact) mass is 228 g/mol. The third kappa shape index (κ3) is 1.76. The van der Waals surface area contributed by atoms with E-state index < -0.39 is 0 Å². The molecule has 1 aromatic heterocycles. The molecule has 6 heteroatoms. The van der Waals surface area contributed by atoms with E-state index in [1.807, 2.05) is 24.3 Å². The Hall–Kier alpha value is -2.63. The molecule has 0 radical (unpaired) electrons. The smallest absolute Gasteiger partial charge is 0.272 e. The Bertz CT molecular complexity index is 589. The Morgan fingerprint density at radius 3 is 2.65 bits per heavy atom. The summed E-state index contributed by atoms with van der Waals surface area (Å²) in [5.41, 5.74) is 1.95. The quantitative estimate of drug-likeness (QED) is 0.722. The minimum atomic E-state index is -0.234. The van der Waals surface area contributed by atoms with Crippen LogP contribution in [0, 0.1) is 0 Å². The summed E-state index contributed by atoms with van der Waals surface area (Å²) < 4.78 is 4.95. The van der Waals surface area contributed by atoms with Gasteiger partial charge in [-0.05, 0) is 12.1 Å². The molecule has 1 aliphatic heterocycles. The molecule has 0 saturated heterocycles. The number of para-hydroxylation sites is 2. The fraction of sp³-hybridized carbons (Fsp3) is 0. The second-order valence-electron chi connectivity index (χ2n) is 3.46. The van der Waals surface area contributed by atoms with E-state index in [9.17, 15) is 4.79 Å². The number of aromatic nitrogens is 2. The van der Waals surface area contributed by atoms with Crippen LogP contribution < -0.4 is 10.6 Å². The van der Waals surface area contributed by atoms with Gasteiger partial charge in [0.05, 0.1) is 11.4 Å². The first-order valence-electron chi connectivity index (χ1n) is 4.98. The van der Waals surface area contributed by atoms with E-state index in [-0.39, 0.29) is 11.8 Å². The Labute approximate surface area is 96.4 Å². The third-order valence-corrected chi connectivity index (χ3v) is 2.33. The summed E-state index contributed by atoms with van der Waals surface area (Å²) in [6, 6.07) is 7.43. The summed E-state index contributed by atoms with van der Waals surface area (Å²) in [6.07, 6.45) is 2.71. The Balaban J connectivity index is 1.97. The van der Waals surface area contributed by atoms with Crippen molar-refractivity contribution in [3.8, 4) is 0 Å². The topological polar surface area (TPSA) is 80.0 Å². The average molecular weight is 228 g/mol. The molecule has 0 fully saturated rings. The normalized spacial score (nSPS) is 16.2. The van der Waals surface area contributed by atoms with Gasteiger partial charge in [-0.15, -0.1) is 10.2 Å². The zero-order valence-corrected chi connectivity index (χ0v) is 8.68. The number of carbonyl (C=O) groups excluding carboxylic acids is 1. The van der Waals surface area contributed by atoms with Crippen LogP contribution in [0.4, 0.5) is 11.4 Å². The molecule has 1 aromatic carbocycles. The Morgan fingerprint density at radius 1 is 1.18 bits per heavy atom. The molecule has 0 unspecified atom stereocenters. The summed E-state index contributed by atoms with van der Waals surface area (Å²) >= 11 is 0. The highest BCUT2D eigenvalue weighted by atomic mass is 16.4. The van der Waals surface area contributed by atoms with Crippen molar-refractivity contribution in [1.82, 2.24) is 10.2 Å². The summed E-state index contributed by atoms with van der Waals surface area (Å²) in [4.78, 5) is 11.8. The van der Waals surface area contributed by atoms with Crippen LogP contribution in [-0.4, -0.2) is 16.1 Å². The number of carbonyl (C=O) groups is 1. The molecule has 1 aliphatic rings. The number of nitrogens with zero attached hydrogens (tertiary/aromatic N) is 2. The summed E-state index contributed by atoms with van der Waals surface area (Å²) in [5, 5.41) is 13.0. The first-order chi connectivity index (χ1) is 8.33. The lowest BCUT2D eigenvalue weighted by Crippen LogP contribution is -2.25. The van der Waals surface area contributed by atoms with Crippen LogP contribution in [0.5, 0.6) is 0 Å². The molecule has 17 heavy (non-hydrogen) atoms. The molecule has 1 amide bonds. The highest BCUT2D eigenvalue weighted by molar-refractivity contribution is 6.13. The van der Waals surface area contributed by atoms with Crippen LogP contribution >= 0.6 is 0 Å². The first-order valence-corrected chi connectivity index (χ1v) is 4.98. The van der Waals surface area contributed by atoms with Crippen LogP contribution in [0.25, 0.3) is 6.08 Å². The second-order valence-corrected chi connectivity index (χ2v) is 3.46. The van der Waals surface area contributed by atoms with E-state index in [0.29, 0.717) is 5.70 Å².